The average molecular weight is 304 g/mol. The average Bonchev–Trinajstić information content (AvgIpc) is 2.65. The maximum atomic E-state index is 10.1. The molecule has 23 heavy (non-hydrogen) atoms. The summed E-state index contributed by atoms with van der Waals surface area (Å²) >= 11 is 0. The van der Waals surface area contributed by atoms with Crippen molar-refractivity contribution in [1.29, 1.82) is 5.26 Å². The third kappa shape index (κ3) is 3.46. The van der Waals surface area contributed by atoms with Crippen molar-refractivity contribution >= 4 is 0 Å². The van der Waals surface area contributed by atoms with E-state index in [2.05, 4.69) is 35.7 Å². The van der Waals surface area contributed by atoms with Crippen molar-refractivity contribution in [1.82, 2.24) is 5.32 Å². The van der Waals surface area contributed by atoms with Gasteiger partial charge in [0.15, 0.2) is 0 Å². The van der Waals surface area contributed by atoms with Crippen molar-refractivity contribution in [2.24, 2.45) is 0 Å². The minimum absolute atomic E-state index is 0.545. The van der Waals surface area contributed by atoms with E-state index in [0.717, 1.165) is 30.5 Å². The SMILES string of the molecule is N#CC(CC[C@@H]1CCCCN1)(c1ccccc1)c1ccccc1. The second kappa shape index (κ2) is 7.44. The van der Waals surface area contributed by atoms with E-state index in [0.29, 0.717) is 6.04 Å². The molecule has 3 rings (SSSR count). The van der Waals surface area contributed by atoms with E-state index in [1.165, 1.54) is 19.3 Å². The van der Waals surface area contributed by atoms with Crippen molar-refractivity contribution < 1.29 is 0 Å². The van der Waals surface area contributed by atoms with Crippen molar-refractivity contribution in [3.63, 3.8) is 0 Å². The number of hydrogen-bond donors (Lipinski definition) is 1. The number of piperidine rings is 1. The molecule has 0 saturated carbocycles. The van der Waals surface area contributed by atoms with E-state index in [9.17, 15) is 5.26 Å². The second-order valence-electron chi connectivity index (χ2n) is 6.43. The molecule has 0 bridgehead atoms. The Morgan fingerprint density at radius 2 is 1.57 bits per heavy atom. The van der Waals surface area contributed by atoms with Gasteiger partial charge < -0.3 is 5.32 Å². The topological polar surface area (TPSA) is 35.8 Å². The summed E-state index contributed by atoms with van der Waals surface area (Å²) in [5.74, 6) is 0. The van der Waals surface area contributed by atoms with Crippen LogP contribution in [-0.2, 0) is 5.41 Å². The van der Waals surface area contributed by atoms with Gasteiger partial charge in [0, 0.05) is 6.04 Å². The largest absolute Gasteiger partial charge is 0.314 e. The molecule has 0 amide bonds. The highest BCUT2D eigenvalue weighted by Gasteiger charge is 2.34. The van der Waals surface area contributed by atoms with E-state index >= 15 is 0 Å². The third-order valence-corrected chi connectivity index (χ3v) is 5.00. The van der Waals surface area contributed by atoms with Gasteiger partial charge in [-0.2, -0.15) is 5.26 Å². The Balaban J connectivity index is 1.91. The summed E-state index contributed by atoms with van der Waals surface area (Å²) in [6, 6.07) is 23.7. The summed E-state index contributed by atoms with van der Waals surface area (Å²) in [6.07, 6.45) is 5.70. The Bertz CT molecular complexity index is 597. The first-order chi connectivity index (χ1) is 11.3. The number of benzene rings is 2. The van der Waals surface area contributed by atoms with Crippen LogP contribution in [-0.4, -0.2) is 12.6 Å². The van der Waals surface area contributed by atoms with E-state index < -0.39 is 5.41 Å². The summed E-state index contributed by atoms with van der Waals surface area (Å²) in [7, 11) is 0. The molecule has 0 spiro atoms. The number of nitriles is 1. The van der Waals surface area contributed by atoms with Crippen molar-refractivity contribution in [2.75, 3.05) is 6.54 Å². The van der Waals surface area contributed by atoms with Crippen molar-refractivity contribution in [2.45, 2.75) is 43.6 Å². The molecule has 2 aromatic carbocycles. The Morgan fingerprint density at radius 1 is 0.957 bits per heavy atom. The molecule has 1 aliphatic heterocycles. The molecule has 1 heterocycles. The second-order valence-corrected chi connectivity index (χ2v) is 6.43. The molecule has 0 aromatic heterocycles. The first-order valence-corrected chi connectivity index (χ1v) is 8.61. The predicted molar refractivity (Wildman–Crippen MR) is 94.2 cm³/mol. The molecule has 0 aliphatic carbocycles. The zero-order chi connectivity index (χ0) is 16.0. The predicted octanol–water partition coefficient (Wildman–Crippen LogP) is 4.42. The zero-order valence-electron chi connectivity index (χ0n) is 13.5. The number of nitrogens with zero attached hydrogens (tertiary/aromatic N) is 1. The van der Waals surface area contributed by atoms with E-state index in [1.54, 1.807) is 0 Å². The molecule has 118 valence electrons. The van der Waals surface area contributed by atoms with E-state index in [4.69, 9.17) is 0 Å². The Kier molecular flexibility index (Phi) is 5.10. The molecule has 0 radical (unpaired) electrons. The molecular weight excluding hydrogens is 280 g/mol. The van der Waals surface area contributed by atoms with Crippen LogP contribution in [0.2, 0.25) is 0 Å². The Morgan fingerprint density at radius 3 is 2.04 bits per heavy atom. The summed E-state index contributed by atoms with van der Waals surface area (Å²) in [4.78, 5) is 0. The van der Waals surface area contributed by atoms with Crippen LogP contribution in [0.1, 0.15) is 43.2 Å². The maximum absolute atomic E-state index is 10.1. The van der Waals surface area contributed by atoms with Gasteiger partial charge in [-0.3, -0.25) is 0 Å². The fourth-order valence-corrected chi connectivity index (χ4v) is 3.65. The van der Waals surface area contributed by atoms with E-state index in [1.807, 2.05) is 36.4 Å². The number of nitrogens with one attached hydrogen (secondary N) is 1. The van der Waals surface area contributed by atoms with Gasteiger partial charge in [0.1, 0.15) is 5.41 Å². The van der Waals surface area contributed by atoms with Crippen LogP contribution in [0.15, 0.2) is 60.7 Å². The highest BCUT2D eigenvalue weighted by atomic mass is 14.9. The first-order valence-electron chi connectivity index (χ1n) is 8.61. The molecule has 1 fully saturated rings. The summed E-state index contributed by atoms with van der Waals surface area (Å²) in [5, 5.41) is 13.8. The first kappa shape index (κ1) is 15.8. The molecule has 1 atom stereocenters. The van der Waals surface area contributed by atoms with Crippen molar-refractivity contribution in [3.8, 4) is 6.07 Å². The summed E-state index contributed by atoms with van der Waals surface area (Å²) in [5.41, 5.74) is 1.65. The van der Waals surface area contributed by atoms with Crippen LogP contribution in [0.5, 0.6) is 0 Å². The number of rotatable bonds is 5. The van der Waals surface area contributed by atoms with Crippen LogP contribution in [0.25, 0.3) is 0 Å². The Hall–Kier alpha value is -2.11. The lowest BCUT2D eigenvalue weighted by Crippen LogP contribution is -2.36. The van der Waals surface area contributed by atoms with Gasteiger partial charge in [-0.25, -0.2) is 0 Å². The molecule has 1 saturated heterocycles. The van der Waals surface area contributed by atoms with Crippen LogP contribution in [0.4, 0.5) is 0 Å². The van der Waals surface area contributed by atoms with Crippen LogP contribution in [0.3, 0.4) is 0 Å². The third-order valence-electron chi connectivity index (χ3n) is 5.00. The normalized spacial score (nSPS) is 18.3. The lowest BCUT2D eigenvalue weighted by molar-refractivity contribution is 0.359. The molecular formula is C21H24N2. The minimum atomic E-state index is -0.554. The standard InChI is InChI=1S/C21H24N2/c22-17-21(18-9-3-1-4-10-18,19-11-5-2-6-12-19)15-14-20-13-7-8-16-23-20/h1-6,9-12,20,23H,7-8,13-16H2/t20-/m0/s1. The van der Waals surface area contributed by atoms with Gasteiger partial charge >= 0.3 is 0 Å². The molecule has 2 heteroatoms. The fraction of sp³-hybridized carbons (Fsp3) is 0.381. The highest BCUT2D eigenvalue weighted by molar-refractivity contribution is 5.45. The van der Waals surface area contributed by atoms with Crippen LogP contribution >= 0.6 is 0 Å². The lowest BCUT2D eigenvalue weighted by atomic mass is 9.71. The van der Waals surface area contributed by atoms with Gasteiger partial charge in [-0.1, -0.05) is 67.1 Å². The van der Waals surface area contributed by atoms with Gasteiger partial charge in [0.25, 0.3) is 0 Å². The monoisotopic (exact) mass is 304 g/mol. The summed E-state index contributed by atoms with van der Waals surface area (Å²) < 4.78 is 0. The van der Waals surface area contributed by atoms with E-state index in [-0.39, 0.29) is 0 Å². The number of hydrogen-bond acceptors (Lipinski definition) is 2. The fourth-order valence-electron chi connectivity index (χ4n) is 3.65. The maximum Gasteiger partial charge on any atom is 0.107 e. The molecule has 2 nitrogen and oxygen atoms in total. The zero-order valence-corrected chi connectivity index (χ0v) is 13.5. The van der Waals surface area contributed by atoms with Crippen LogP contribution in [0, 0.1) is 11.3 Å². The molecule has 1 N–H and O–H groups in total. The summed E-state index contributed by atoms with van der Waals surface area (Å²) in [6.45, 7) is 1.11. The van der Waals surface area contributed by atoms with Gasteiger partial charge in [0.2, 0.25) is 0 Å². The smallest absolute Gasteiger partial charge is 0.107 e. The van der Waals surface area contributed by atoms with Gasteiger partial charge in [0.05, 0.1) is 6.07 Å². The van der Waals surface area contributed by atoms with Gasteiger partial charge in [-0.05, 0) is 43.4 Å². The quantitative estimate of drug-likeness (QED) is 0.887. The molecule has 2 aromatic rings. The molecule has 0 unspecified atom stereocenters. The minimum Gasteiger partial charge on any atom is -0.314 e. The van der Waals surface area contributed by atoms with Gasteiger partial charge in [-0.15, -0.1) is 0 Å². The van der Waals surface area contributed by atoms with Crippen molar-refractivity contribution in [3.05, 3.63) is 71.8 Å². The lowest BCUT2D eigenvalue weighted by Gasteiger charge is -2.31. The van der Waals surface area contributed by atoms with Crippen LogP contribution < -0.4 is 5.32 Å². The highest BCUT2D eigenvalue weighted by Crippen LogP contribution is 2.37. The molecule has 1 aliphatic rings. The Labute approximate surface area is 139 Å².